The summed E-state index contributed by atoms with van der Waals surface area (Å²) in [5, 5.41) is 7.48. The van der Waals surface area contributed by atoms with Gasteiger partial charge in [0.25, 0.3) is 0 Å². The molecule has 0 saturated heterocycles. The van der Waals surface area contributed by atoms with E-state index in [0.29, 0.717) is 0 Å². The first-order valence-corrected chi connectivity index (χ1v) is 17.8. The van der Waals surface area contributed by atoms with Crippen molar-refractivity contribution in [3.8, 4) is 27.9 Å². The molecule has 0 aliphatic heterocycles. The summed E-state index contributed by atoms with van der Waals surface area (Å²) < 4.78 is 2.42. The molecule has 0 atom stereocenters. The molecule has 0 bridgehead atoms. The summed E-state index contributed by atoms with van der Waals surface area (Å²) in [5.41, 5.74) is 11.6. The fourth-order valence-corrected chi connectivity index (χ4v) is 7.74. The van der Waals surface area contributed by atoms with Crippen LogP contribution in [0.1, 0.15) is 0 Å². The van der Waals surface area contributed by atoms with Crippen LogP contribution in [0.3, 0.4) is 0 Å². The van der Waals surface area contributed by atoms with Gasteiger partial charge in [-0.2, -0.15) is 0 Å². The lowest BCUT2D eigenvalue weighted by Gasteiger charge is -2.26. The van der Waals surface area contributed by atoms with Crippen LogP contribution < -0.4 is 4.90 Å². The molecule has 244 valence electrons. The molecule has 0 amide bonds. The number of rotatable bonds is 6. The summed E-state index contributed by atoms with van der Waals surface area (Å²) in [4.78, 5) is 2.38. The number of benzene rings is 9. The number of aromatic nitrogens is 1. The fourth-order valence-electron chi connectivity index (χ4n) is 7.74. The molecule has 0 fully saturated rings. The van der Waals surface area contributed by atoms with Crippen molar-refractivity contribution < 1.29 is 0 Å². The van der Waals surface area contributed by atoms with E-state index in [4.69, 9.17) is 0 Å². The predicted molar refractivity (Wildman–Crippen MR) is 221 cm³/mol. The number of para-hydroxylation sites is 1. The topological polar surface area (TPSA) is 8.17 Å². The van der Waals surface area contributed by atoms with Gasteiger partial charge in [0.15, 0.2) is 0 Å². The predicted octanol–water partition coefficient (Wildman–Crippen LogP) is 13.9. The number of hydrogen-bond donors (Lipinski definition) is 0. The minimum absolute atomic E-state index is 1.10. The Morgan fingerprint density at radius 2 is 0.769 bits per heavy atom. The van der Waals surface area contributed by atoms with Crippen LogP contribution in [0.15, 0.2) is 206 Å². The molecule has 0 radical (unpaired) electrons. The van der Waals surface area contributed by atoms with E-state index in [1.165, 1.54) is 65.6 Å². The SMILES string of the molecule is c1ccc(-c2ccc(N(c3ccc(-c4ccc5ccccc5c4)cc3)c3ccc4c5cc6ccccc6cc5n(-c5ccccc5)c4c3)cc2)cc1. The summed E-state index contributed by atoms with van der Waals surface area (Å²) in [6.07, 6.45) is 0. The lowest BCUT2D eigenvalue weighted by atomic mass is 10.0. The molecule has 2 heteroatoms. The summed E-state index contributed by atoms with van der Waals surface area (Å²) >= 11 is 0. The second-order valence-electron chi connectivity index (χ2n) is 13.4. The minimum atomic E-state index is 1.10. The van der Waals surface area contributed by atoms with Gasteiger partial charge >= 0.3 is 0 Å². The van der Waals surface area contributed by atoms with Crippen LogP contribution in [0.2, 0.25) is 0 Å². The van der Waals surface area contributed by atoms with Gasteiger partial charge < -0.3 is 9.47 Å². The average Bonchev–Trinajstić information content (AvgIpc) is 3.53. The maximum atomic E-state index is 2.42. The third-order valence-corrected chi connectivity index (χ3v) is 10.3. The molecule has 10 aromatic rings. The Morgan fingerprint density at radius 1 is 0.288 bits per heavy atom. The van der Waals surface area contributed by atoms with Crippen LogP contribution in [0.25, 0.3) is 71.3 Å². The summed E-state index contributed by atoms with van der Waals surface area (Å²) in [6, 6.07) is 74.8. The van der Waals surface area contributed by atoms with Crippen molar-refractivity contribution in [1.29, 1.82) is 0 Å². The van der Waals surface area contributed by atoms with Crippen molar-refractivity contribution >= 4 is 60.4 Å². The molecule has 0 aliphatic carbocycles. The zero-order valence-electron chi connectivity index (χ0n) is 28.5. The van der Waals surface area contributed by atoms with Crippen molar-refractivity contribution in [1.82, 2.24) is 4.57 Å². The largest absolute Gasteiger partial charge is 0.310 e. The first-order chi connectivity index (χ1) is 25.8. The summed E-state index contributed by atoms with van der Waals surface area (Å²) in [7, 11) is 0. The first-order valence-electron chi connectivity index (χ1n) is 17.8. The van der Waals surface area contributed by atoms with Gasteiger partial charge in [0.1, 0.15) is 0 Å². The van der Waals surface area contributed by atoms with Crippen LogP contribution in [0.5, 0.6) is 0 Å². The van der Waals surface area contributed by atoms with Gasteiger partial charge in [-0.3, -0.25) is 0 Å². The van der Waals surface area contributed by atoms with E-state index in [0.717, 1.165) is 22.7 Å². The van der Waals surface area contributed by atoms with E-state index in [2.05, 4.69) is 216 Å². The molecule has 0 spiro atoms. The molecule has 1 heterocycles. The molecule has 52 heavy (non-hydrogen) atoms. The molecule has 1 aromatic heterocycles. The lowest BCUT2D eigenvalue weighted by Crippen LogP contribution is -2.10. The van der Waals surface area contributed by atoms with Gasteiger partial charge in [-0.1, -0.05) is 140 Å². The minimum Gasteiger partial charge on any atom is -0.310 e. The van der Waals surface area contributed by atoms with Crippen LogP contribution in [0, 0.1) is 0 Å². The zero-order chi connectivity index (χ0) is 34.4. The Kier molecular flexibility index (Phi) is 7.18. The highest BCUT2D eigenvalue weighted by Gasteiger charge is 2.18. The molecular weight excluding hydrogens is 629 g/mol. The molecule has 0 N–H and O–H groups in total. The Labute approximate surface area is 303 Å². The first kappa shape index (κ1) is 30.0. The van der Waals surface area contributed by atoms with Crippen molar-refractivity contribution in [2.24, 2.45) is 0 Å². The second kappa shape index (κ2) is 12.5. The normalized spacial score (nSPS) is 11.5. The molecular formula is C50H34N2. The maximum Gasteiger partial charge on any atom is 0.0561 e. The smallest absolute Gasteiger partial charge is 0.0561 e. The average molecular weight is 663 g/mol. The maximum absolute atomic E-state index is 2.42. The number of nitrogens with zero attached hydrogens (tertiary/aromatic N) is 2. The highest BCUT2D eigenvalue weighted by Crippen LogP contribution is 2.41. The Bertz CT molecular complexity index is 2870. The zero-order valence-corrected chi connectivity index (χ0v) is 28.5. The van der Waals surface area contributed by atoms with Crippen molar-refractivity contribution in [3.63, 3.8) is 0 Å². The molecule has 0 unspecified atom stereocenters. The Balaban J connectivity index is 1.15. The third-order valence-electron chi connectivity index (χ3n) is 10.3. The number of hydrogen-bond acceptors (Lipinski definition) is 1. The van der Waals surface area contributed by atoms with Gasteiger partial charge in [0, 0.05) is 33.5 Å². The molecule has 10 rings (SSSR count). The van der Waals surface area contributed by atoms with Crippen LogP contribution in [-0.4, -0.2) is 4.57 Å². The van der Waals surface area contributed by atoms with Crippen molar-refractivity contribution in [3.05, 3.63) is 206 Å². The monoisotopic (exact) mass is 662 g/mol. The molecule has 2 nitrogen and oxygen atoms in total. The van der Waals surface area contributed by atoms with E-state index in [9.17, 15) is 0 Å². The summed E-state index contributed by atoms with van der Waals surface area (Å²) in [5.74, 6) is 0. The van der Waals surface area contributed by atoms with E-state index in [1.807, 2.05) is 0 Å². The van der Waals surface area contributed by atoms with Crippen molar-refractivity contribution in [2.45, 2.75) is 0 Å². The van der Waals surface area contributed by atoms with E-state index < -0.39 is 0 Å². The molecule has 0 saturated carbocycles. The third kappa shape index (κ3) is 5.21. The van der Waals surface area contributed by atoms with Gasteiger partial charge in [-0.15, -0.1) is 0 Å². The van der Waals surface area contributed by atoms with Crippen molar-refractivity contribution in [2.75, 3.05) is 4.90 Å². The van der Waals surface area contributed by atoms with E-state index >= 15 is 0 Å². The number of fused-ring (bicyclic) bond motifs is 5. The highest BCUT2D eigenvalue weighted by molar-refractivity contribution is 6.14. The highest BCUT2D eigenvalue weighted by atomic mass is 15.1. The molecule has 0 aliphatic rings. The van der Waals surface area contributed by atoms with Gasteiger partial charge in [-0.25, -0.2) is 0 Å². The van der Waals surface area contributed by atoms with Crippen LogP contribution in [0.4, 0.5) is 17.1 Å². The molecule has 9 aromatic carbocycles. The van der Waals surface area contributed by atoms with Gasteiger partial charge in [-0.05, 0) is 111 Å². The van der Waals surface area contributed by atoms with Crippen LogP contribution in [-0.2, 0) is 0 Å². The Morgan fingerprint density at radius 3 is 1.44 bits per heavy atom. The second-order valence-corrected chi connectivity index (χ2v) is 13.4. The van der Waals surface area contributed by atoms with E-state index in [1.54, 1.807) is 0 Å². The van der Waals surface area contributed by atoms with E-state index in [-0.39, 0.29) is 0 Å². The van der Waals surface area contributed by atoms with Gasteiger partial charge in [0.05, 0.1) is 11.0 Å². The van der Waals surface area contributed by atoms with Crippen LogP contribution >= 0.6 is 0 Å². The van der Waals surface area contributed by atoms with Gasteiger partial charge in [0.2, 0.25) is 0 Å². The standard InChI is InChI=1S/C50H34N2/c1-3-11-35(12-4-1)37-21-25-44(26-22-37)51(45-27-23-38(24-28-45)42-20-19-36-13-7-8-14-39(36)31-42)46-29-30-47-48-32-40-15-9-10-16-41(40)33-49(48)52(50(47)34-46)43-17-5-2-6-18-43/h1-34H. The summed E-state index contributed by atoms with van der Waals surface area (Å²) in [6.45, 7) is 0. The lowest BCUT2D eigenvalue weighted by molar-refractivity contribution is 1.18. The quantitative estimate of drug-likeness (QED) is 0.172. The Hall–Kier alpha value is -6.90. The number of anilines is 3. The fraction of sp³-hybridized carbons (Fsp3) is 0.